The van der Waals surface area contributed by atoms with Gasteiger partial charge in [-0.15, -0.1) is 0 Å². The van der Waals surface area contributed by atoms with Crippen molar-refractivity contribution >= 4 is 34.7 Å². The first kappa shape index (κ1) is 19.1. The van der Waals surface area contributed by atoms with Crippen LogP contribution in [0, 0.1) is 18.3 Å². The molecule has 140 valence electrons. The van der Waals surface area contributed by atoms with Gasteiger partial charge in [0.05, 0.1) is 36.8 Å². The minimum atomic E-state index is -0.422. The minimum Gasteiger partial charge on any atom is -0.495 e. The molecule has 2 aromatic carbocycles. The normalized spacial score (nSPS) is 10.1. The molecule has 0 aliphatic rings. The molecule has 3 rings (SSSR count). The van der Waals surface area contributed by atoms with Gasteiger partial charge in [0.25, 0.3) is 5.91 Å². The third kappa shape index (κ3) is 4.37. The predicted molar refractivity (Wildman–Crippen MR) is 107 cm³/mol. The number of carbonyl (C=O) groups is 1. The van der Waals surface area contributed by atoms with Crippen LogP contribution in [0.5, 0.6) is 5.75 Å². The summed E-state index contributed by atoms with van der Waals surface area (Å²) in [5.74, 6) is 0.591. The predicted octanol–water partition coefficient (Wildman–Crippen LogP) is 4.31. The Bertz CT molecular complexity index is 1060. The first-order valence-corrected chi connectivity index (χ1v) is 8.62. The molecule has 0 aliphatic heterocycles. The van der Waals surface area contributed by atoms with Gasteiger partial charge in [-0.25, -0.2) is 9.97 Å². The van der Waals surface area contributed by atoms with Gasteiger partial charge in [0.2, 0.25) is 0 Å². The molecule has 0 radical (unpaired) electrons. The number of amides is 1. The number of nitrogens with one attached hydrogen (secondary N) is 2. The SMILES string of the molecule is COc1cc(Cl)c(C)cc1Nc1cnc(C(=O)Nc2cccc(C#N)c2)cn1. The highest BCUT2D eigenvalue weighted by atomic mass is 35.5. The van der Waals surface area contributed by atoms with E-state index in [1.54, 1.807) is 37.4 Å². The lowest BCUT2D eigenvalue weighted by atomic mass is 10.2. The molecule has 28 heavy (non-hydrogen) atoms. The van der Waals surface area contributed by atoms with Gasteiger partial charge in [-0.1, -0.05) is 17.7 Å². The maximum atomic E-state index is 12.3. The van der Waals surface area contributed by atoms with Crippen LogP contribution < -0.4 is 15.4 Å². The summed E-state index contributed by atoms with van der Waals surface area (Å²) < 4.78 is 5.32. The average molecular weight is 394 g/mol. The Hall–Kier alpha value is -3.63. The van der Waals surface area contributed by atoms with Crippen LogP contribution >= 0.6 is 11.6 Å². The van der Waals surface area contributed by atoms with Crippen molar-refractivity contribution in [3.63, 3.8) is 0 Å². The molecule has 0 spiro atoms. The van der Waals surface area contributed by atoms with Gasteiger partial charge >= 0.3 is 0 Å². The first-order chi connectivity index (χ1) is 13.5. The zero-order valence-electron chi connectivity index (χ0n) is 15.2. The van der Waals surface area contributed by atoms with E-state index in [0.29, 0.717) is 33.5 Å². The second kappa shape index (κ2) is 8.37. The lowest BCUT2D eigenvalue weighted by Crippen LogP contribution is -2.14. The zero-order chi connectivity index (χ0) is 20.1. The Morgan fingerprint density at radius 3 is 2.71 bits per heavy atom. The second-order valence-electron chi connectivity index (χ2n) is 5.86. The summed E-state index contributed by atoms with van der Waals surface area (Å²) in [5, 5.41) is 15.3. The molecule has 7 nitrogen and oxygen atoms in total. The zero-order valence-corrected chi connectivity index (χ0v) is 15.9. The molecular formula is C20H16ClN5O2. The maximum Gasteiger partial charge on any atom is 0.275 e. The molecule has 8 heteroatoms. The van der Waals surface area contributed by atoms with Crippen molar-refractivity contribution in [2.45, 2.75) is 6.92 Å². The van der Waals surface area contributed by atoms with Crippen molar-refractivity contribution in [3.8, 4) is 11.8 Å². The van der Waals surface area contributed by atoms with Gasteiger partial charge in [-0.3, -0.25) is 4.79 Å². The number of ether oxygens (including phenoxy) is 1. The third-order valence-electron chi connectivity index (χ3n) is 3.88. The number of rotatable bonds is 5. The Morgan fingerprint density at radius 1 is 1.21 bits per heavy atom. The van der Waals surface area contributed by atoms with E-state index in [4.69, 9.17) is 21.6 Å². The first-order valence-electron chi connectivity index (χ1n) is 8.25. The molecule has 0 unspecified atom stereocenters. The highest BCUT2D eigenvalue weighted by molar-refractivity contribution is 6.31. The summed E-state index contributed by atoms with van der Waals surface area (Å²) >= 11 is 6.11. The van der Waals surface area contributed by atoms with Crippen LogP contribution in [0.2, 0.25) is 5.02 Å². The number of benzene rings is 2. The van der Waals surface area contributed by atoms with E-state index in [-0.39, 0.29) is 5.69 Å². The summed E-state index contributed by atoms with van der Waals surface area (Å²) in [6.45, 7) is 1.88. The maximum absolute atomic E-state index is 12.3. The van der Waals surface area contributed by atoms with Crippen molar-refractivity contribution < 1.29 is 9.53 Å². The van der Waals surface area contributed by atoms with E-state index in [1.807, 2.05) is 19.1 Å². The van der Waals surface area contributed by atoms with Gasteiger partial charge in [-0.05, 0) is 36.8 Å². The van der Waals surface area contributed by atoms with E-state index in [0.717, 1.165) is 5.56 Å². The van der Waals surface area contributed by atoms with Gasteiger partial charge in [0, 0.05) is 16.8 Å². The van der Waals surface area contributed by atoms with Crippen LogP contribution in [-0.4, -0.2) is 23.0 Å². The Kier molecular flexibility index (Phi) is 5.72. The summed E-state index contributed by atoms with van der Waals surface area (Å²) in [7, 11) is 1.55. The van der Waals surface area contributed by atoms with Gasteiger partial charge in [0.15, 0.2) is 0 Å². The van der Waals surface area contributed by atoms with Gasteiger partial charge in [-0.2, -0.15) is 5.26 Å². The Labute approximate surface area is 167 Å². The minimum absolute atomic E-state index is 0.146. The van der Waals surface area contributed by atoms with E-state index in [1.165, 1.54) is 12.4 Å². The van der Waals surface area contributed by atoms with Crippen LogP contribution in [0.25, 0.3) is 0 Å². The summed E-state index contributed by atoms with van der Waals surface area (Å²) in [4.78, 5) is 20.7. The number of hydrogen-bond donors (Lipinski definition) is 2. The third-order valence-corrected chi connectivity index (χ3v) is 4.28. The molecule has 3 aromatic rings. The molecule has 0 fully saturated rings. The van der Waals surface area contributed by atoms with Crippen molar-refractivity contribution in [2.75, 3.05) is 17.7 Å². The van der Waals surface area contributed by atoms with Crippen LogP contribution in [0.1, 0.15) is 21.6 Å². The monoisotopic (exact) mass is 393 g/mol. The lowest BCUT2D eigenvalue weighted by Gasteiger charge is -2.12. The number of carbonyl (C=O) groups excluding carboxylic acids is 1. The van der Waals surface area contributed by atoms with Crippen molar-refractivity contribution in [3.05, 3.63) is 70.6 Å². The molecule has 0 aliphatic carbocycles. The number of nitriles is 1. The van der Waals surface area contributed by atoms with Crippen LogP contribution in [0.15, 0.2) is 48.8 Å². The lowest BCUT2D eigenvalue weighted by molar-refractivity contribution is 0.102. The fourth-order valence-electron chi connectivity index (χ4n) is 2.44. The summed E-state index contributed by atoms with van der Waals surface area (Å²) in [5.41, 5.74) is 2.68. The quantitative estimate of drug-likeness (QED) is 0.669. The number of halogens is 1. The molecule has 1 aromatic heterocycles. The average Bonchev–Trinajstić information content (AvgIpc) is 2.71. The summed E-state index contributed by atoms with van der Waals surface area (Å²) in [6.07, 6.45) is 2.81. The van der Waals surface area contributed by atoms with E-state index in [9.17, 15) is 4.79 Å². The molecule has 1 heterocycles. The molecular weight excluding hydrogens is 378 g/mol. The van der Waals surface area contributed by atoms with Crippen molar-refractivity contribution in [1.82, 2.24) is 9.97 Å². The second-order valence-corrected chi connectivity index (χ2v) is 6.27. The fourth-order valence-corrected chi connectivity index (χ4v) is 2.59. The van der Waals surface area contributed by atoms with Crippen molar-refractivity contribution in [1.29, 1.82) is 5.26 Å². The van der Waals surface area contributed by atoms with Crippen LogP contribution in [-0.2, 0) is 0 Å². The fraction of sp³-hybridized carbons (Fsp3) is 0.100. The highest BCUT2D eigenvalue weighted by Gasteiger charge is 2.11. The number of aromatic nitrogens is 2. The molecule has 0 bridgehead atoms. The summed E-state index contributed by atoms with van der Waals surface area (Å²) in [6, 6.07) is 12.2. The topological polar surface area (TPSA) is 99.9 Å². The Balaban J connectivity index is 1.74. The number of anilines is 3. The number of aryl methyl sites for hydroxylation is 1. The standard InChI is InChI=1S/C20H16ClN5O2/c1-12-6-16(18(28-2)8-15(12)21)26-19-11-23-17(10-24-19)20(27)25-14-5-3-4-13(7-14)9-22/h3-8,10-11H,1-2H3,(H,24,26)(H,25,27). The van der Waals surface area contributed by atoms with Crippen LogP contribution in [0.4, 0.5) is 17.2 Å². The highest BCUT2D eigenvalue weighted by Crippen LogP contribution is 2.32. The largest absolute Gasteiger partial charge is 0.495 e. The molecule has 0 saturated heterocycles. The van der Waals surface area contributed by atoms with Crippen molar-refractivity contribution in [2.24, 2.45) is 0 Å². The number of methoxy groups -OCH3 is 1. The molecule has 1 amide bonds. The number of nitrogens with zero attached hydrogens (tertiary/aromatic N) is 3. The van der Waals surface area contributed by atoms with Gasteiger partial charge in [0.1, 0.15) is 17.3 Å². The van der Waals surface area contributed by atoms with Gasteiger partial charge < -0.3 is 15.4 Å². The van der Waals surface area contributed by atoms with Crippen LogP contribution in [0.3, 0.4) is 0 Å². The van der Waals surface area contributed by atoms with E-state index < -0.39 is 5.91 Å². The van der Waals surface area contributed by atoms with E-state index >= 15 is 0 Å². The molecule has 2 N–H and O–H groups in total. The number of hydrogen-bond acceptors (Lipinski definition) is 6. The van der Waals surface area contributed by atoms with E-state index in [2.05, 4.69) is 20.6 Å². The Morgan fingerprint density at radius 2 is 2.04 bits per heavy atom. The smallest absolute Gasteiger partial charge is 0.275 e. The molecule has 0 atom stereocenters. The molecule has 0 saturated carbocycles.